The van der Waals surface area contributed by atoms with Crippen LogP contribution in [-0.4, -0.2) is 33.9 Å². The van der Waals surface area contributed by atoms with E-state index in [-0.39, 0.29) is 0 Å². The number of amidine groups is 1. The average Bonchev–Trinajstić information content (AvgIpc) is 3.42. The Labute approximate surface area is 188 Å². The fraction of sp³-hybridized carbons (Fsp3) is 0.308. The number of oxime groups is 1. The molecule has 6 nitrogen and oxygen atoms in total. The zero-order valence-corrected chi connectivity index (χ0v) is 18.8. The number of fused-ring (bicyclic) bond motifs is 1. The predicted octanol–water partition coefficient (Wildman–Crippen LogP) is 5.19. The van der Waals surface area contributed by atoms with Crippen molar-refractivity contribution in [3.8, 4) is 11.4 Å². The van der Waals surface area contributed by atoms with Crippen LogP contribution in [0.5, 0.6) is 5.75 Å². The lowest BCUT2D eigenvalue weighted by Crippen LogP contribution is -2.48. The number of hydrogen-bond donors (Lipinski definition) is 0. The first-order valence-electron chi connectivity index (χ1n) is 11.1. The summed E-state index contributed by atoms with van der Waals surface area (Å²) < 4.78 is 7.62. The van der Waals surface area contributed by atoms with E-state index >= 15 is 0 Å². The number of methoxy groups -OCH3 is 1. The van der Waals surface area contributed by atoms with Gasteiger partial charge in [0.2, 0.25) is 5.72 Å². The van der Waals surface area contributed by atoms with Crippen LogP contribution in [-0.2, 0) is 10.6 Å². The molecule has 1 atom stereocenters. The zero-order chi connectivity index (χ0) is 22.1. The van der Waals surface area contributed by atoms with Gasteiger partial charge in [-0.2, -0.15) is 0 Å². The van der Waals surface area contributed by atoms with Crippen molar-refractivity contribution < 1.29 is 9.57 Å². The lowest BCUT2D eigenvalue weighted by Gasteiger charge is -2.40. The zero-order valence-electron chi connectivity index (χ0n) is 18.8. The van der Waals surface area contributed by atoms with Gasteiger partial charge in [-0.15, -0.1) is 0 Å². The molecular formula is C26H28N4O2. The first-order valence-corrected chi connectivity index (χ1v) is 11.1. The molecule has 32 heavy (non-hydrogen) atoms. The Kier molecular flexibility index (Phi) is 5.21. The van der Waals surface area contributed by atoms with Gasteiger partial charge in [-0.05, 0) is 50.5 Å². The van der Waals surface area contributed by atoms with Crippen molar-refractivity contribution in [3.63, 3.8) is 0 Å². The van der Waals surface area contributed by atoms with Crippen LogP contribution in [0.15, 0.2) is 66.2 Å². The molecule has 6 heteroatoms. The van der Waals surface area contributed by atoms with Crippen molar-refractivity contribution in [2.45, 2.75) is 38.8 Å². The van der Waals surface area contributed by atoms with E-state index in [4.69, 9.17) is 9.57 Å². The third-order valence-electron chi connectivity index (χ3n) is 6.27. The molecule has 0 spiro atoms. The highest BCUT2D eigenvalue weighted by atomic mass is 16.7. The summed E-state index contributed by atoms with van der Waals surface area (Å²) in [5, 5.41) is 4.49. The molecule has 3 aromatic rings. The minimum atomic E-state index is -0.494. The van der Waals surface area contributed by atoms with Gasteiger partial charge in [0.15, 0.2) is 5.84 Å². The van der Waals surface area contributed by atoms with Crippen LogP contribution in [0.4, 0.5) is 0 Å². The highest BCUT2D eigenvalue weighted by Gasteiger charge is 2.48. The van der Waals surface area contributed by atoms with Gasteiger partial charge in [-0.3, -0.25) is 0 Å². The van der Waals surface area contributed by atoms with Crippen LogP contribution >= 0.6 is 0 Å². The monoisotopic (exact) mass is 428 g/mol. The molecule has 0 aliphatic carbocycles. The third-order valence-corrected chi connectivity index (χ3v) is 6.27. The molecule has 0 amide bonds. The lowest BCUT2D eigenvalue weighted by molar-refractivity contribution is -0.125. The lowest BCUT2D eigenvalue weighted by atomic mass is 9.90. The van der Waals surface area contributed by atoms with E-state index in [2.05, 4.69) is 58.4 Å². The maximum absolute atomic E-state index is 6.12. The number of aryl methyl sites for hydroxylation is 2. The molecule has 0 N–H and O–H groups in total. The second-order valence-electron chi connectivity index (χ2n) is 8.49. The number of rotatable bonds is 5. The van der Waals surface area contributed by atoms with E-state index in [9.17, 15) is 0 Å². The minimum Gasteiger partial charge on any atom is -0.495 e. The van der Waals surface area contributed by atoms with E-state index in [0.717, 1.165) is 59.9 Å². The van der Waals surface area contributed by atoms with Crippen molar-refractivity contribution in [2.24, 2.45) is 5.16 Å². The highest BCUT2D eigenvalue weighted by molar-refractivity contribution is 5.97. The standard InChI is InChI=1S/C26H28N4O2/c1-19-6-10-22(11-7-19)26-14-4-5-15-30(26)25(28-32-26)13-9-21-8-12-23(24(16-21)31-3)29-17-20(2)27-18-29/h6-13,16-18H,4-5,14-15H2,1-3H3/b13-9+. The largest absolute Gasteiger partial charge is 0.495 e. The van der Waals surface area contributed by atoms with Crippen LogP contribution < -0.4 is 4.74 Å². The average molecular weight is 429 g/mol. The van der Waals surface area contributed by atoms with Crippen LogP contribution in [0.2, 0.25) is 0 Å². The molecule has 1 unspecified atom stereocenters. The number of piperidine rings is 1. The Balaban J connectivity index is 1.40. The molecule has 5 rings (SSSR count). The molecule has 0 radical (unpaired) electrons. The molecule has 1 fully saturated rings. The van der Waals surface area contributed by atoms with Gasteiger partial charge in [0, 0.05) is 24.7 Å². The Morgan fingerprint density at radius 3 is 2.66 bits per heavy atom. The summed E-state index contributed by atoms with van der Waals surface area (Å²) in [5.74, 6) is 1.65. The number of aromatic nitrogens is 2. The first kappa shape index (κ1) is 20.4. The second-order valence-corrected chi connectivity index (χ2v) is 8.49. The van der Waals surface area contributed by atoms with E-state index in [1.54, 1.807) is 13.4 Å². The van der Waals surface area contributed by atoms with Gasteiger partial charge in [-0.25, -0.2) is 4.98 Å². The third kappa shape index (κ3) is 3.55. The second kappa shape index (κ2) is 8.19. The number of hydrogen-bond acceptors (Lipinski definition) is 5. The maximum Gasteiger partial charge on any atom is 0.237 e. The van der Waals surface area contributed by atoms with E-state index < -0.39 is 5.72 Å². The molecule has 3 heterocycles. The van der Waals surface area contributed by atoms with Gasteiger partial charge in [0.25, 0.3) is 0 Å². The van der Waals surface area contributed by atoms with Crippen molar-refractivity contribution in [3.05, 3.63) is 83.4 Å². The van der Waals surface area contributed by atoms with Crippen molar-refractivity contribution in [1.29, 1.82) is 0 Å². The number of ether oxygens (including phenoxy) is 1. The van der Waals surface area contributed by atoms with Crippen LogP contribution in [0.25, 0.3) is 11.8 Å². The van der Waals surface area contributed by atoms with Crippen LogP contribution in [0.3, 0.4) is 0 Å². The molecule has 2 aliphatic rings. The first-order chi connectivity index (χ1) is 15.6. The minimum absolute atomic E-state index is 0.494. The summed E-state index contributed by atoms with van der Waals surface area (Å²) in [5.41, 5.74) is 4.88. The van der Waals surface area contributed by atoms with Crippen LogP contribution in [0, 0.1) is 13.8 Å². The number of imidazole rings is 1. The van der Waals surface area contributed by atoms with E-state index in [1.165, 1.54) is 5.56 Å². The summed E-state index contributed by atoms with van der Waals surface area (Å²) in [4.78, 5) is 12.7. The SMILES string of the molecule is COc1cc(/C=C/C2=NOC3(c4ccc(C)cc4)CCCCN23)ccc1-n1cnc(C)c1. The van der Waals surface area contributed by atoms with Crippen molar-refractivity contribution >= 4 is 11.9 Å². The van der Waals surface area contributed by atoms with Crippen molar-refractivity contribution in [1.82, 2.24) is 14.5 Å². The summed E-state index contributed by atoms with van der Waals surface area (Å²) in [6, 6.07) is 14.8. The molecule has 0 saturated carbocycles. The molecule has 0 bridgehead atoms. The van der Waals surface area contributed by atoms with Crippen LogP contribution in [0.1, 0.15) is 41.6 Å². The van der Waals surface area contributed by atoms with E-state index in [0.29, 0.717) is 0 Å². The molecular weight excluding hydrogens is 400 g/mol. The molecule has 2 aliphatic heterocycles. The van der Waals surface area contributed by atoms with E-state index in [1.807, 2.05) is 35.9 Å². The summed E-state index contributed by atoms with van der Waals surface area (Å²) in [7, 11) is 1.69. The summed E-state index contributed by atoms with van der Waals surface area (Å²) in [6.45, 7) is 5.01. The Bertz CT molecular complexity index is 1180. The van der Waals surface area contributed by atoms with Gasteiger partial charge in [0.05, 0.1) is 24.8 Å². The molecule has 1 saturated heterocycles. The normalized spacial score (nSPS) is 20.2. The van der Waals surface area contributed by atoms with Gasteiger partial charge >= 0.3 is 0 Å². The topological polar surface area (TPSA) is 51.9 Å². The van der Waals surface area contributed by atoms with Gasteiger partial charge in [0.1, 0.15) is 5.75 Å². The smallest absolute Gasteiger partial charge is 0.237 e. The molecule has 1 aromatic heterocycles. The molecule has 164 valence electrons. The predicted molar refractivity (Wildman–Crippen MR) is 126 cm³/mol. The Hall–Kier alpha value is -3.54. The Morgan fingerprint density at radius 2 is 1.91 bits per heavy atom. The van der Waals surface area contributed by atoms with Crippen molar-refractivity contribution in [2.75, 3.05) is 13.7 Å². The number of nitrogens with zero attached hydrogens (tertiary/aromatic N) is 4. The van der Waals surface area contributed by atoms with Gasteiger partial charge in [-0.1, -0.05) is 47.1 Å². The Morgan fingerprint density at radius 1 is 1.06 bits per heavy atom. The quantitative estimate of drug-likeness (QED) is 0.561. The highest BCUT2D eigenvalue weighted by Crippen LogP contribution is 2.43. The maximum atomic E-state index is 6.12. The summed E-state index contributed by atoms with van der Waals surface area (Å²) in [6.07, 6.45) is 11.1. The fourth-order valence-electron chi connectivity index (χ4n) is 4.54. The number of benzene rings is 2. The van der Waals surface area contributed by atoms with Gasteiger partial charge < -0.3 is 19.0 Å². The summed E-state index contributed by atoms with van der Waals surface area (Å²) >= 11 is 0. The fourth-order valence-corrected chi connectivity index (χ4v) is 4.54. The molecule has 2 aromatic carbocycles.